The third-order valence-electron chi connectivity index (χ3n) is 4.74. The molecule has 3 nitrogen and oxygen atoms in total. The van der Waals surface area contributed by atoms with Gasteiger partial charge in [0, 0.05) is 23.2 Å². The Kier molecular flexibility index (Phi) is 6.07. The fourth-order valence-electron chi connectivity index (χ4n) is 3.22. The highest BCUT2D eigenvalue weighted by Gasteiger charge is 2.31. The van der Waals surface area contributed by atoms with Crippen molar-refractivity contribution in [1.82, 2.24) is 4.90 Å². The summed E-state index contributed by atoms with van der Waals surface area (Å²) in [6.07, 6.45) is -3.06. The zero-order chi connectivity index (χ0) is 19.4. The number of anilines is 1. The second-order valence-corrected chi connectivity index (χ2v) is 7.18. The van der Waals surface area contributed by atoms with Gasteiger partial charge < -0.3 is 5.32 Å². The summed E-state index contributed by atoms with van der Waals surface area (Å²) in [7, 11) is 0. The number of nitrogens with zero attached hydrogens (tertiary/aromatic N) is 1. The third-order valence-corrected chi connectivity index (χ3v) is 4.99. The first-order valence-electron chi connectivity index (χ1n) is 8.76. The van der Waals surface area contributed by atoms with Crippen LogP contribution in [0.4, 0.5) is 18.9 Å². The number of nitrogens with one attached hydrogen (secondary N) is 1. The van der Waals surface area contributed by atoms with E-state index >= 15 is 0 Å². The van der Waals surface area contributed by atoms with E-state index in [4.69, 9.17) is 11.6 Å². The van der Waals surface area contributed by atoms with Crippen molar-refractivity contribution < 1.29 is 18.0 Å². The maximum absolute atomic E-state index is 12.8. The monoisotopic (exact) mass is 396 g/mol. The Hall–Kier alpha value is -2.05. The molecule has 0 bridgehead atoms. The summed E-state index contributed by atoms with van der Waals surface area (Å²) in [5.74, 6) is -0.415. The van der Waals surface area contributed by atoms with Crippen molar-refractivity contribution >= 4 is 23.2 Å². The number of hydrogen-bond donors (Lipinski definition) is 1. The van der Waals surface area contributed by atoms with Crippen LogP contribution in [0.15, 0.2) is 48.5 Å². The van der Waals surface area contributed by atoms with Gasteiger partial charge in [0.1, 0.15) is 0 Å². The van der Waals surface area contributed by atoms with E-state index in [1.165, 1.54) is 12.1 Å². The van der Waals surface area contributed by atoms with Gasteiger partial charge in [-0.15, -0.1) is 0 Å². The first-order chi connectivity index (χ1) is 12.8. The van der Waals surface area contributed by atoms with Crippen LogP contribution in [0, 0.1) is 5.92 Å². The molecule has 1 N–H and O–H groups in total. The summed E-state index contributed by atoms with van der Waals surface area (Å²) in [6.45, 7) is 2.33. The van der Waals surface area contributed by atoms with Crippen LogP contribution in [0.1, 0.15) is 24.0 Å². The molecule has 0 atom stereocenters. The van der Waals surface area contributed by atoms with Crippen molar-refractivity contribution in [1.29, 1.82) is 0 Å². The molecular weight excluding hydrogens is 377 g/mol. The molecule has 1 amide bonds. The van der Waals surface area contributed by atoms with Crippen LogP contribution in [0.3, 0.4) is 0 Å². The van der Waals surface area contributed by atoms with Crippen LogP contribution in [0.5, 0.6) is 0 Å². The minimum absolute atomic E-state index is 0.179. The summed E-state index contributed by atoms with van der Waals surface area (Å²) >= 11 is 5.89. The molecule has 1 heterocycles. The highest BCUT2D eigenvalue weighted by atomic mass is 35.5. The van der Waals surface area contributed by atoms with E-state index in [9.17, 15) is 18.0 Å². The van der Waals surface area contributed by atoms with Crippen LogP contribution in [-0.2, 0) is 17.5 Å². The zero-order valence-electron chi connectivity index (χ0n) is 14.6. The van der Waals surface area contributed by atoms with Gasteiger partial charge in [0.2, 0.25) is 5.91 Å². The maximum atomic E-state index is 12.8. The molecule has 1 aliphatic rings. The van der Waals surface area contributed by atoms with E-state index in [1.54, 1.807) is 0 Å². The lowest BCUT2D eigenvalue weighted by molar-refractivity contribution is -0.137. The van der Waals surface area contributed by atoms with Crippen molar-refractivity contribution in [2.45, 2.75) is 25.6 Å². The molecule has 1 fully saturated rings. The molecule has 1 aliphatic heterocycles. The Morgan fingerprint density at radius 2 is 1.78 bits per heavy atom. The van der Waals surface area contributed by atoms with Gasteiger partial charge in [-0.1, -0.05) is 29.8 Å². The summed E-state index contributed by atoms with van der Waals surface area (Å²) < 4.78 is 38.3. The third kappa shape index (κ3) is 5.47. The van der Waals surface area contributed by atoms with Gasteiger partial charge in [-0.3, -0.25) is 9.69 Å². The van der Waals surface area contributed by atoms with Gasteiger partial charge in [0.15, 0.2) is 0 Å². The van der Waals surface area contributed by atoms with Crippen molar-refractivity contribution in [3.8, 4) is 0 Å². The quantitative estimate of drug-likeness (QED) is 0.769. The molecule has 1 saturated heterocycles. The largest absolute Gasteiger partial charge is 0.416 e. The van der Waals surface area contributed by atoms with Crippen LogP contribution in [0.25, 0.3) is 0 Å². The highest BCUT2D eigenvalue weighted by Crippen LogP contribution is 2.31. The highest BCUT2D eigenvalue weighted by molar-refractivity contribution is 6.30. The lowest BCUT2D eigenvalue weighted by atomic mass is 9.95. The molecule has 0 aliphatic carbocycles. The molecule has 2 aromatic rings. The predicted molar refractivity (Wildman–Crippen MR) is 99.5 cm³/mol. The van der Waals surface area contributed by atoms with E-state index < -0.39 is 11.7 Å². The van der Waals surface area contributed by atoms with Gasteiger partial charge in [-0.05, 0) is 61.8 Å². The maximum Gasteiger partial charge on any atom is 0.416 e. The minimum atomic E-state index is -4.42. The van der Waals surface area contributed by atoms with E-state index in [2.05, 4.69) is 10.2 Å². The number of benzene rings is 2. The van der Waals surface area contributed by atoms with Crippen LogP contribution < -0.4 is 5.32 Å². The Bertz CT molecular complexity index is 785. The lowest BCUT2D eigenvalue weighted by Gasteiger charge is -2.31. The molecule has 0 radical (unpaired) electrons. The second-order valence-electron chi connectivity index (χ2n) is 6.74. The Balaban J connectivity index is 1.52. The smallest absolute Gasteiger partial charge is 0.326 e. The summed E-state index contributed by atoms with van der Waals surface area (Å²) in [6, 6.07) is 12.4. The Labute approximate surface area is 161 Å². The zero-order valence-corrected chi connectivity index (χ0v) is 15.4. The molecule has 0 aromatic heterocycles. The number of carbonyl (C=O) groups is 1. The first kappa shape index (κ1) is 19.7. The minimum Gasteiger partial charge on any atom is -0.326 e. The normalized spacial score (nSPS) is 16.3. The van der Waals surface area contributed by atoms with E-state index in [-0.39, 0.29) is 17.5 Å². The molecular formula is C20H20ClF3N2O. The van der Waals surface area contributed by atoms with Gasteiger partial charge in [0.25, 0.3) is 0 Å². The molecule has 0 spiro atoms. The number of alkyl halides is 3. The fraction of sp³-hybridized carbons (Fsp3) is 0.350. The molecule has 27 heavy (non-hydrogen) atoms. The molecule has 3 rings (SSSR count). The van der Waals surface area contributed by atoms with Crippen molar-refractivity contribution in [2.75, 3.05) is 18.4 Å². The molecule has 7 heteroatoms. The van der Waals surface area contributed by atoms with Crippen molar-refractivity contribution in [3.05, 3.63) is 64.7 Å². The van der Waals surface area contributed by atoms with E-state index in [1.807, 2.05) is 24.3 Å². The second kappa shape index (κ2) is 8.31. The predicted octanol–water partition coefficient (Wildman–Crippen LogP) is 5.21. The van der Waals surface area contributed by atoms with Crippen molar-refractivity contribution in [3.63, 3.8) is 0 Å². The van der Waals surface area contributed by atoms with Gasteiger partial charge in [-0.25, -0.2) is 0 Å². The molecule has 0 unspecified atom stereocenters. The molecule has 144 valence electrons. The summed E-state index contributed by atoms with van der Waals surface area (Å²) in [4.78, 5) is 14.7. The number of piperidine rings is 1. The standard InChI is InChI=1S/C20H20ClF3N2O/c21-17-6-4-14(5-7-17)13-26-10-8-15(9-11-26)19(27)25-18-3-1-2-16(12-18)20(22,23)24/h1-7,12,15H,8-11,13H2,(H,25,27). The first-order valence-corrected chi connectivity index (χ1v) is 9.14. The average Bonchev–Trinajstić information content (AvgIpc) is 2.64. The Morgan fingerprint density at radius 1 is 1.11 bits per heavy atom. The number of carbonyl (C=O) groups excluding carboxylic acids is 1. The van der Waals surface area contributed by atoms with E-state index in [0.717, 1.165) is 37.3 Å². The number of rotatable bonds is 4. The number of amides is 1. The fourth-order valence-corrected chi connectivity index (χ4v) is 3.34. The topological polar surface area (TPSA) is 32.3 Å². The SMILES string of the molecule is O=C(Nc1cccc(C(F)(F)F)c1)C1CCN(Cc2ccc(Cl)cc2)CC1. The van der Waals surface area contributed by atoms with Crippen molar-refractivity contribution in [2.24, 2.45) is 5.92 Å². The van der Waals surface area contributed by atoms with Gasteiger partial charge >= 0.3 is 6.18 Å². The summed E-state index contributed by atoms with van der Waals surface area (Å²) in [5, 5.41) is 3.32. The van der Waals surface area contributed by atoms with Crippen LogP contribution >= 0.6 is 11.6 Å². The number of halogens is 4. The van der Waals surface area contributed by atoms with Crippen LogP contribution in [0.2, 0.25) is 5.02 Å². The molecule has 2 aromatic carbocycles. The number of hydrogen-bond acceptors (Lipinski definition) is 2. The Morgan fingerprint density at radius 3 is 2.41 bits per heavy atom. The number of likely N-dealkylation sites (tertiary alicyclic amines) is 1. The lowest BCUT2D eigenvalue weighted by Crippen LogP contribution is -2.37. The van der Waals surface area contributed by atoms with Crippen LogP contribution in [-0.4, -0.2) is 23.9 Å². The summed E-state index contributed by atoms with van der Waals surface area (Å²) in [5.41, 5.74) is 0.572. The molecule has 0 saturated carbocycles. The van der Waals surface area contributed by atoms with Gasteiger partial charge in [-0.2, -0.15) is 13.2 Å². The van der Waals surface area contributed by atoms with Gasteiger partial charge in [0.05, 0.1) is 5.56 Å². The van der Waals surface area contributed by atoms with E-state index in [0.29, 0.717) is 17.9 Å². The average molecular weight is 397 g/mol.